The van der Waals surface area contributed by atoms with Crippen LogP contribution in [0, 0.1) is 0 Å². The molecule has 1 aromatic carbocycles. The van der Waals surface area contributed by atoms with E-state index in [1.54, 1.807) is 0 Å². The van der Waals surface area contributed by atoms with Gasteiger partial charge in [-0.2, -0.15) is 0 Å². The summed E-state index contributed by atoms with van der Waals surface area (Å²) in [5, 5.41) is 1.36. The van der Waals surface area contributed by atoms with E-state index >= 15 is 0 Å². The van der Waals surface area contributed by atoms with Gasteiger partial charge >= 0.3 is 0 Å². The summed E-state index contributed by atoms with van der Waals surface area (Å²) in [5.74, 6) is 0. The number of aromatic nitrogens is 1. The molecule has 0 saturated carbocycles. The van der Waals surface area contributed by atoms with Gasteiger partial charge in [0.25, 0.3) is 0 Å². The predicted octanol–water partition coefficient (Wildman–Crippen LogP) is 3.24. The Kier molecular flexibility index (Phi) is 3.29. The van der Waals surface area contributed by atoms with Crippen molar-refractivity contribution in [1.29, 1.82) is 0 Å². The molecular weight excluding hydrogens is 245 g/mol. The van der Waals surface area contributed by atoms with Crippen molar-refractivity contribution in [3.8, 4) is 0 Å². The molecule has 1 heterocycles. The molecular formula is C14H18NPS. The number of nitrogens with one attached hydrogen (secondary N) is 1. The molecule has 0 aliphatic carbocycles. The van der Waals surface area contributed by atoms with Crippen molar-refractivity contribution in [1.82, 2.24) is 4.98 Å². The van der Waals surface area contributed by atoms with E-state index in [1.807, 2.05) is 18.3 Å². The molecule has 0 aliphatic rings. The summed E-state index contributed by atoms with van der Waals surface area (Å²) in [6.07, 6.45) is 1.96. The van der Waals surface area contributed by atoms with Crippen molar-refractivity contribution >= 4 is 28.6 Å². The van der Waals surface area contributed by atoms with Crippen molar-refractivity contribution in [2.75, 3.05) is 0 Å². The number of benzene rings is 1. The van der Waals surface area contributed by atoms with Crippen LogP contribution < -0.4 is 10.7 Å². The van der Waals surface area contributed by atoms with Crippen LogP contribution in [0.1, 0.15) is 20.8 Å². The Bertz CT molecular complexity index is 523. The van der Waals surface area contributed by atoms with Gasteiger partial charge in [0, 0.05) is 12.2 Å². The Morgan fingerprint density at radius 2 is 1.65 bits per heavy atom. The molecule has 2 rings (SSSR count). The first-order valence-electron chi connectivity index (χ1n) is 5.76. The summed E-state index contributed by atoms with van der Waals surface area (Å²) < 4.78 is 0. The Morgan fingerprint density at radius 1 is 1.00 bits per heavy atom. The zero-order chi connectivity index (χ0) is 12.5. The number of H-pyrrole nitrogens is 1. The van der Waals surface area contributed by atoms with Gasteiger partial charge in [-0.25, -0.2) is 0 Å². The van der Waals surface area contributed by atoms with Gasteiger partial charge < -0.3 is 4.98 Å². The molecule has 90 valence electrons. The zero-order valence-electron chi connectivity index (χ0n) is 10.5. The van der Waals surface area contributed by atoms with Gasteiger partial charge in [0.2, 0.25) is 0 Å². The molecule has 0 fully saturated rings. The fourth-order valence-electron chi connectivity index (χ4n) is 2.04. The molecule has 0 radical (unpaired) electrons. The molecule has 1 atom stereocenters. The van der Waals surface area contributed by atoms with Crippen LogP contribution in [0.2, 0.25) is 0 Å². The van der Waals surface area contributed by atoms with Gasteiger partial charge in [-0.05, 0) is 22.6 Å². The summed E-state index contributed by atoms with van der Waals surface area (Å²) in [5.41, 5.74) is 1.20. The highest BCUT2D eigenvalue weighted by molar-refractivity contribution is 8.22. The highest BCUT2D eigenvalue weighted by Gasteiger charge is 2.35. The Morgan fingerprint density at radius 3 is 2.12 bits per heavy atom. The molecule has 0 amide bonds. The van der Waals surface area contributed by atoms with E-state index in [-0.39, 0.29) is 5.16 Å². The molecule has 1 aromatic heterocycles. The molecule has 1 nitrogen and oxygen atoms in total. The van der Waals surface area contributed by atoms with Crippen LogP contribution in [-0.4, -0.2) is 10.1 Å². The van der Waals surface area contributed by atoms with E-state index in [2.05, 4.69) is 56.1 Å². The van der Waals surface area contributed by atoms with E-state index in [9.17, 15) is 0 Å². The molecule has 0 saturated heterocycles. The first-order valence-corrected chi connectivity index (χ1v) is 8.56. The molecule has 2 aromatic rings. The molecule has 1 N–H and O–H groups in total. The molecule has 3 heteroatoms. The Balaban J connectivity index is 2.66. The third kappa shape index (κ3) is 2.12. The highest BCUT2D eigenvalue weighted by Crippen LogP contribution is 2.55. The van der Waals surface area contributed by atoms with E-state index in [0.717, 1.165) is 0 Å². The van der Waals surface area contributed by atoms with Crippen molar-refractivity contribution in [2.45, 2.75) is 25.9 Å². The minimum Gasteiger partial charge on any atom is -0.360 e. The van der Waals surface area contributed by atoms with Gasteiger partial charge in [-0.1, -0.05) is 62.9 Å². The summed E-state index contributed by atoms with van der Waals surface area (Å²) in [6, 6.07) is 12.9. The van der Waals surface area contributed by atoms with E-state index < -0.39 is 6.04 Å². The van der Waals surface area contributed by atoms with Gasteiger partial charge in [0.15, 0.2) is 0 Å². The van der Waals surface area contributed by atoms with Crippen molar-refractivity contribution in [3.63, 3.8) is 0 Å². The first-order chi connectivity index (χ1) is 7.96. The average Bonchev–Trinajstić information content (AvgIpc) is 2.81. The van der Waals surface area contributed by atoms with Gasteiger partial charge in [0.1, 0.15) is 0 Å². The molecule has 0 spiro atoms. The van der Waals surface area contributed by atoms with Gasteiger partial charge in [-0.15, -0.1) is 0 Å². The summed E-state index contributed by atoms with van der Waals surface area (Å²) in [7, 11) is 0. The Labute approximate surface area is 108 Å². The second-order valence-electron chi connectivity index (χ2n) is 5.17. The number of hydrogen-bond acceptors (Lipinski definition) is 1. The van der Waals surface area contributed by atoms with Crippen molar-refractivity contribution < 1.29 is 0 Å². The third-order valence-electron chi connectivity index (χ3n) is 2.99. The van der Waals surface area contributed by atoms with E-state index in [0.29, 0.717) is 0 Å². The molecule has 1 unspecified atom stereocenters. The lowest BCUT2D eigenvalue weighted by Gasteiger charge is -2.35. The van der Waals surface area contributed by atoms with Crippen molar-refractivity contribution in [3.05, 3.63) is 48.7 Å². The van der Waals surface area contributed by atoms with Crippen LogP contribution in [0.5, 0.6) is 0 Å². The smallest absolute Gasteiger partial charge is 0.0532 e. The van der Waals surface area contributed by atoms with E-state index in [4.69, 9.17) is 11.8 Å². The summed E-state index contributed by atoms with van der Waals surface area (Å²) in [6.45, 7) is 6.71. The second-order valence-corrected chi connectivity index (χ2v) is 10.4. The normalized spacial score (nSPS) is 15.5. The lowest BCUT2D eigenvalue weighted by atomic mass is 10.3. The van der Waals surface area contributed by atoms with Crippen LogP contribution in [0.15, 0.2) is 48.7 Å². The SMILES string of the molecule is CC(C)(C)P(=S)(c1ccccc1)c1ccc[nH]1. The number of hydrogen-bond donors (Lipinski definition) is 1. The maximum atomic E-state index is 6.11. The first kappa shape index (κ1) is 12.6. The molecule has 0 aliphatic heterocycles. The van der Waals surface area contributed by atoms with Gasteiger partial charge in [0.05, 0.1) is 5.44 Å². The second kappa shape index (κ2) is 4.44. The predicted molar refractivity (Wildman–Crippen MR) is 80.5 cm³/mol. The number of aromatic amines is 1. The monoisotopic (exact) mass is 263 g/mol. The maximum Gasteiger partial charge on any atom is 0.0532 e. The fraction of sp³-hybridized carbons (Fsp3) is 0.286. The van der Waals surface area contributed by atoms with Crippen LogP contribution >= 0.6 is 6.04 Å². The van der Waals surface area contributed by atoms with Crippen LogP contribution in [0.4, 0.5) is 0 Å². The van der Waals surface area contributed by atoms with Crippen LogP contribution in [0.3, 0.4) is 0 Å². The lowest BCUT2D eigenvalue weighted by molar-refractivity contribution is 0.791. The topological polar surface area (TPSA) is 15.8 Å². The largest absolute Gasteiger partial charge is 0.360 e. The standard InChI is InChI=1S/C14H18NPS/c1-14(2,3)16(17,13-10-7-11-15-13)12-8-5-4-6-9-12/h4-11,15H,1-3H3. The highest BCUT2D eigenvalue weighted by atomic mass is 32.4. The van der Waals surface area contributed by atoms with Crippen LogP contribution in [-0.2, 0) is 11.8 Å². The molecule has 17 heavy (non-hydrogen) atoms. The quantitative estimate of drug-likeness (QED) is 0.822. The van der Waals surface area contributed by atoms with Crippen molar-refractivity contribution in [2.24, 2.45) is 0 Å². The lowest BCUT2D eigenvalue weighted by Crippen LogP contribution is -2.30. The summed E-state index contributed by atoms with van der Waals surface area (Å²) >= 11 is 6.11. The fourth-order valence-corrected chi connectivity index (χ4v) is 5.67. The maximum absolute atomic E-state index is 6.11. The average molecular weight is 263 g/mol. The van der Waals surface area contributed by atoms with Gasteiger partial charge in [-0.3, -0.25) is 0 Å². The third-order valence-corrected chi connectivity index (χ3v) is 9.72. The summed E-state index contributed by atoms with van der Waals surface area (Å²) in [4.78, 5) is 3.33. The molecule has 0 bridgehead atoms. The van der Waals surface area contributed by atoms with E-state index in [1.165, 1.54) is 10.7 Å². The Hall–Kier alpha value is -0.850. The minimum absolute atomic E-state index is 0.0779. The number of rotatable bonds is 2. The zero-order valence-corrected chi connectivity index (χ0v) is 12.2. The van der Waals surface area contributed by atoms with Crippen LogP contribution in [0.25, 0.3) is 0 Å². The minimum atomic E-state index is -1.78.